The Morgan fingerprint density at radius 1 is 1.58 bits per heavy atom. The molecular weight excluding hydrogens is 181 g/mol. The quantitative estimate of drug-likeness (QED) is 0.489. The van der Waals surface area contributed by atoms with Crippen molar-refractivity contribution >= 4 is 23.4 Å². The number of nitrogens with zero attached hydrogens (tertiary/aromatic N) is 1. The van der Waals surface area contributed by atoms with E-state index in [2.05, 4.69) is 4.99 Å². The molecule has 0 amide bonds. The maximum Gasteiger partial charge on any atom is 0.240 e. The average Bonchev–Trinajstić information content (AvgIpc) is 2.01. The molecule has 4 heteroatoms. The molecule has 0 aliphatic heterocycles. The molecule has 0 aliphatic carbocycles. The number of benzene rings is 1. The van der Waals surface area contributed by atoms with Crippen molar-refractivity contribution in [3.05, 3.63) is 28.5 Å². The number of aliphatic imine (C=N–C) groups is 1. The molecule has 12 heavy (non-hydrogen) atoms. The zero-order chi connectivity index (χ0) is 9.14. The molecule has 0 spiro atoms. The van der Waals surface area contributed by atoms with Gasteiger partial charge in [-0.15, -0.1) is 0 Å². The zero-order valence-corrected chi connectivity index (χ0v) is 7.02. The third-order valence-corrected chi connectivity index (χ3v) is 1.83. The Hall–Kier alpha value is -1.18. The van der Waals surface area contributed by atoms with Gasteiger partial charge in [-0.05, 0) is 13.0 Å². The standard InChI is InChI=1S/C8H5ClFNO/c1-5-7(9)2-6(11-4-12)3-8(5)10/h2-3H,1H3. The molecule has 0 heterocycles. The van der Waals surface area contributed by atoms with Crippen LogP contribution >= 0.6 is 11.6 Å². The van der Waals surface area contributed by atoms with Crippen LogP contribution in [0.2, 0.25) is 5.02 Å². The van der Waals surface area contributed by atoms with Crippen molar-refractivity contribution in [2.24, 2.45) is 4.99 Å². The van der Waals surface area contributed by atoms with E-state index in [0.717, 1.165) is 6.07 Å². The van der Waals surface area contributed by atoms with E-state index in [0.29, 0.717) is 5.56 Å². The van der Waals surface area contributed by atoms with Crippen molar-refractivity contribution in [2.75, 3.05) is 0 Å². The molecule has 0 aromatic heterocycles. The summed E-state index contributed by atoms with van der Waals surface area (Å²) >= 11 is 5.63. The predicted molar refractivity (Wildman–Crippen MR) is 43.9 cm³/mol. The largest absolute Gasteiger partial charge is 0.240 e. The van der Waals surface area contributed by atoms with Gasteiger partial charge >= 0.3 is 0 Å². The summed E-state index contributed by atoms with van der Waals surface area (Å²) in [5, 5.41) is 0.254. The minimum atomic E-state index is -0.475. The highest BCUT2D eigenvalue weighted by atomic mass is 35.5. The van der Waals surface area contributed by atoms with Gasteiger partial charge in [0.15, 0.2) is 0 Å². The zero-order valence-electron chi connectivity index (χ0n) is 6.27. The van der Waals surface area contributed by atoms with Crippen LogP contribution in [0.1, 0.15) is 5.56 Å². The fourth-order valence-corrected chi connectivity index (χ4v) is 0.951. The number of rotatable bonds is 1. The van der Waals surface area contributed by atoms with Gasteiger partial charge in [-0.3, -0.25) is 0 Å². The summed E-state index contributed by atoms with van der Waals surface area (Å²) in [6.45, 7) is 1.55. The van der Waals surface area contributed by atoms with Crippen LogP contribution in [-0.2, 0) is 4.79 Å². The molecule has 0 radical (unpaired) electrons. The highest BCUT2D eigenvalue weighted by molar-refractivity contribution is 6.31. The Balaban J connectivity index is 3.30. The minimum Gasteiger partial charge on any atom is -0.211 e. The van der Waals surface area contributed by atoms with Gasteiger partial charge in [0.2, 0.25) is 6.08 Å². The number of hydrogen-bond acceptors (Lipinski definition) is 2. The molecule has 0 aliphatic rings. The first-order valence-electron chi connectivity index (χ1n) is 3.18. The van der Waals surface area contributed by atoms with Crippen molar-refractivity contribution in [1.82, 2.24) is 0 Å². The summed E-state index contributed by atoms with van der Waals surface area (Å²) in [5.74, 6) is -0.475. The number of isocyanates is 1. The van der Waals surface area contributed by atoms with E-state index in [1.165, 1.54) is 12.1 Å². The highest BCUT2D eigenvalue weighted by Crippen LogP contribution is 2.24. The number of hydrogen-bond donors (Lipinski definition) is 0. The Morgan fingerprint density at radius 2 is 2.25 bits per heavy atom. The fourth-order valence-electron chi connectivity index (χ4n) is 0.749. The minimum absolute atomic E-state index is 0.179. The summed E-state index contributed by atoms with van der Waals surface area (Å²) in [7, 11) is 0. The van der Waals surface area contributed by atoms with Gasteiger partial charge < -0.3 is 0 Å². The number of halogens is 2. The van der Waals surface area contributed by atoms with E-state index in [1.807, 2.05) is 0 Å². The first-order valence-corrected chi connectivity index (χ1v) is 3.56. The Morgan fingerprint density at radius 3 is 2.75 bits per heavy atom. The third-order valence-electron chi connectivity index (χ3n) is 1.44. The van der Waals surface area contributed by atoms with Crippen molar-refractivity contribution < 1.29 is 9.18 Å². The lowest BCUT2D eigenvalue weighted by Crippen LogP contribution is -1.82. The van der Waals surface area contributed by atoms with Crippen LogP contribution in [-0.4, -0.2) is 6.08 Å². The van der Waals surface area contributed by atoms with Crippen molar-refractivity contribution in [2.45, 2.75) is 6.92 Å². The molecule has 0 N–H and O–H groups in total. The van der Waals surface area contributed by atoms with Gasteiger partial charge in [-0.2, -0.15) is 4.99 Å². The molecule has 1 aromatic carbocycles. The Kier molecular flexibility index (Phi) is 2.58. The average molecular weight is 186 g/mol. The summed E-state index contributed by atoms with van der Waals surface area (Å²) in [6, 6.07) is 2.54. The van der Waals surface area contributed by atoms with E-state index in [4.69, 9.17) is 11.6 Å². The monoisotopic (exact) mass is 185 g/mol. The van der Waals surface area contributed by atoms with Crippen LogP contribution in [0.25, 0.3) is 0 Å². The lowest BCUT2D eigenvalue weighted by Gasteiger charge is -1.99. The molecular formula is C8H5ClFNO. The predicted octanol–water partition coefficient (Wildman–Crippen LogP) is 2.75. The molecule has 0 fully saturated rings. The summed E-state index contributed by atoms with van der Waals surface area (Å²) in [5.41, 5.74) is 0.527. The van der Waals surface area contributed by atoms with Crippen LogP contribution in [0.4, 0.5) is 10.1 Å². The molecule has 0 saturated heterocycles. The second-order valence-corrected chi connectivity index (χ2v) is 2.64. The molecule has 0 unspecified atom stereocenters. The summed E-state index contributed by atoms with van der Waals surface area (Å²) in [4.78, 5) is 13.1. The Labute approximate surface area is 73.7 Å². The lowest BCUT2D eigenvalue weighted by atomic mass is 10.2. The molecule has 0 atom stereocenters. The van der Waals surface area contributed by atoms with E-state index < -0.39 is 5.82 Å². The van der Waals surface area contributed by atoms with Crippen LogP contribution in [0, 0.1) is 12.7 Å². The Bertz CT molecular complexity index is 335. The number of carbonyl (C=O) groups excluding carboxylic acids is 1. The van der Waals surface area contributed by atoms with Gasteiger partial charge in [0.05, 0.1) is 5.69 Å². The van der Waals surface area contributed by atoms with Crippen LogP contribution in [0.5, 0.6) is 0 Å². The fraction of sp³-hybridized carbons (Fsp3) is 0.125. The van der Waals surface area contributed by atoms with Gasteiger partial charge in [0.1, 0.15) is 5.82 Å². The van der Waals surface area contributed by atoms with Crippen molar-refractivity contribution in [3.8, 4) is 0 Å². The smallest absolute Gasteiger partial charge is 0.211 e. The SMILES string of the molecule is Cc1c(F)cc(N=C=O)cc1Cl. The van der Waals surface area contributed by atoms with Gasteiger partial charge in [0, 0.05) is 16.7 Å². The molecule has 2 nitrogen and oxygen atoms in total. The normalized spacial score (nSPS) is 9.25. The third kappa shape index (κ3) is 1.70. The summed E-state index contributed by atoms with van der Waals surface area (Å²) < 4.78 is 12.9. The van der Waals surface area contributed by atoms with E-state index in [-0.39, 0.29) is 10.7 Å². The highest BCUT2D eigenvalue weighted by Gasteiger charge is 2.03. The molecule has 62 valence electrons. The topological polar surface area (TPSA) is 29.4 Å². The van der Waals surface area contributed by atoms with Crippen molar-refractivity contribution in [1.29, 1.82) is 0 Å². The van der Waals surface area contributed by atoms with E-state index in [1.54, 1.807) is 6.92 Å². The first kappa shape index (κ1) is 8.91. The first-order chi connectivity index (χ1) is 5.65. The second kappa shape index (κ2) is 3.48. The maximum absolute atomic E-state index is 12.9. The van der Waals surface area contributed by atoms with Crippen LogP contribution in [0.3, 0.4) is 0 Å². The molecule has 0 saturated carbocycles. The molecule has 1 aromatic rings. The van der Waals surface area contributed by atoms with Gasteiger partial charge in [0.25, 0.3) is 0 Å². The van der Waals surface area contributed by atoms with Crippen LogP contribution < -0.4 is 0 Å². The van der Waals surface area contributed by atoms with Gasteiger partial charge in [-0.25, -0.2) is 9.18 Å². The van der Waals surface area contributed by atoms with Crippen LogP contribution in [0.15, 0.2) is 17.1 Å². The summed E-state index contributed by atoms with van der Waals surface area (Å²) in [6.07, 6.45) is 1.31. The second-order valence-electron chi connectivity index (χ2n) is 2.24. The molecule has 1 rings (SSSR count). The maximum atomic E-state index is 12.9. The van der Waals surface area contributed by atoms with Gasteiger partial charge in [-0.1, -0.05) is 11.6 Å². The van der Waals surface area contributed by atoms with E-state index in [9.17, 15) is 9.18 Å². The van der Waals surface area contributed by atoms with Crippen molar-refractivity contribution in [3.63, 3.8) is 0 Å². The lowest BCUT2D eigenvalue weighted by molar-refractivity contribution is 0.565. The van der Waals surface area contributed by atoms with E-state index >= 15 is 0 Å². The molecule has 0 bridgehead atoms.